The molecule has 8 heteroatoms. The van der Waals surface area contributed by atoms with Crippen LogP contribution < -0.4 is 16.6 Å². The summed E-state index contributed by atoms with van der Waals surface area (Å²) in [6.45, 7) is 5.56. The van der Waals surface area contributed by atoms with E-state index in [2.05, 4.69) is 10.4 Å². The smallest absolute Gasteiger partial charge is 0.254 e. The zero-order chi connectivity index (χ0) is 21.7. The predicted molar refractivity (Wildman–Crippen MR) is 117 cm³/mol. The van der Waals surface area contributed by atoms with Crippen molar-refractivity contribution in [2.75, 3.05) is 0 Å². The summed E-state index contributed by atoms with van der Waals surface area (Å²) in [5.74, 6) is -0.223. The van der Waals surface area contributed by atoms with Gasteiger partial charge in [-0.3, -0.25) is 14.3 Å². The van der Waals surface area contributed by atoms with E-state index in [4.69, 9.17) is 17.3 Å². The van der Waals surface area contributed by atoms with Gasteiger partial charge in [-0.25, -0.2) is 0 Å². The van der Waals surface area contributed by atoms with Gasteiger partial charge in [0.1, 0.15) is 0 Å². The zero-order valence-corrected chi connectivity index (χ0v) is 17.9. The molecule has 158 valence electrons. The number of carbonyl (C=O) groups excluding carboxylic acids is 1. The SMILES string of the molecule is Cc1ccn(CCn2nccc2C)c(=O)c1CC(=O)NCc1cc(Cl)ccc1CN. The van der Waals surface area contributed by atoms with E-state index in [1.165, 1.54) is 0 Å². The number of hydrogen-bond acceptors (Lipinski definition) is 4. The van der Waals surface area contributed by atoms with Gasteiger partial charge in [0.05, 0.1) is 13.0 Å². The average molecular weight is 428 g/mol. The molecule has 2 heterocycles. The Hall–Kier alpha value is -2.90. The highest BCUT2D eigenvalue weighted by molar-refractivity contribution is 6.30. The normalized spacial score (nSPS) is 10.9. The number of halogens is 1. The van der Waals surface area contributed by atoms with Gasteiger partial charge in [-0.15, -0.1) is 0 Å². The lowest BCUT2D eigenvalue weighted by molar-refractivity contribution is -0.120. The molecule has 1 amide bonds. The Balaban J connectivity index is 1.68. The van der Waals surface area contributed by atoms with Crippen LogP contribution in [0.2, 0.25) is 5.02 Å². The van der Waals surface area contributed by atoms with Gasteiger partial charge in [0.2, 0.25) is 5.91 Å². The summed E-state index contributed by atoms with van der Waals surface area (Å²) in [5, 5.41) is 7.70. The number of amides is 1. The number of rotatable bonds is 8. The fourth-order valence-electron chi connectivity index (χ4n) is 3.31. The Kier molecular flexibility index (Phi) is 7.07. The number of pyridine rings is 1. The van der Waals surface area contributed by atoms with Gasteiger partial charge in [0.15, 0.2) is 0 Å². The lowest BCUT2D eigenvalue weighted by Crippen LogP contribution is -2.31. The van der Waals surface area contributed by atoms with Crippen LogP contribution in [0.15, 0.2) is 47.5 Å². The number of benzene rings is 1. The molecule has 0 unspecified atom stereocenters. The number of aryl methyl sites for hydroxylation is 4. The van der Waals surface area contributed by atoms with Crippen molar-refractivity contribution in [3.8, 4) is 0 Å². The molecule has 3 rings (SSSR count). The van der Waals surface area contributed by atoms with Crippen LogP contribution in [0, 0.1) is 13.8 Å². The maximum atomic E-state index is 12.9. The average Bonchev–Trinajstić information content (AvgIpc) is 3.14. The Morgan fingerprint density at radius 2 is 1.97 bits per heavy atom. The Morgan fingerprint density at radius 1 is 1.17 bits per heavy atom. The largest absolute Gasteiger partial charge is 0.352 e. The standard InChI is InChI=1S/C22H26ClN5O2/c1-15-6-8-27(9-10-28-16(2)5-7-26-28)22(30)20(15)12-21(29)25-14-18-11-19(23)4-3-17(18)13-24/h3-8,11H,9-10,12-14,24H2,1-2H3,(H,25,29). The van der Waals surface area contributed by atoms with Crippen LogP contribution >= 0.6 is 11.6 Å². The van der Waals surface area contributed by atoms with E-state index in [9.17, 15) is 9.59 Å². The van der Waals surface area contributed by atoms with Crippen LogP contribution in [0.4, 0.5) is 0 Å². The van der Waals surface area contributed by atoms with Crippen LogP contribution in [-0.4, -0.2) is 20.3 Å². The molecule has 0 spiro atoms. The molecule has 0 atom stereocenters. The minimum Gasteiger partial charge on any atom is -0.352 e. The maximum Gasteiger partial charge on any atom is 0.254 e. The van der Waals surface area contributed by atoms with Crippen molar-refractivity contribution < 1.29 is 4.79 Å². The van der Waals surface area contributed by atoms with Gasteiger partial charge < -0.3 is 15.6 Å². The molecule has 0 saturated heterocycles. The highest BCUT2D eigenvalue weighted by Gasteiger charge is 2.13. The molecule has 3 aromatic rings. The molecule has 30 heavy (non-hydrogen) atoms. The van der Waals surface area contributed by atoms with E-state index in [0.29, 0.717) is 36.8 Å². The van der Waals surface area contributed by atoms with E-state index >= 15 is 0 Å². The minimum atomic E-state index is -0.223. The molecule has 0 radical (unpaired) electrons. The molecule has 0 aliphatic heterocycles. The summed E-state index contributed by atoms with van der Waals surface area (Å²) in [7, 11) is 0. The topological polar surface area (TPSA) is 94.9 Å². The third-order valence-corrected chi connectivity index (χ3v) is 5.42. The van der Waals surface area contributed by atoms with Crippen molar-refractivity contribution >= 4 is 17.5 Å². The molecule has 0 aliphatic carbocycles. The van der Waals surface area contributed by atoms with Crippen LogP contribution in [0.25, 0.3) is 0 Å². The number of hydrogen-bond donors (Lipinski definition) is 2. The summed E-state index contributed by atoms with van der Waals surface area (Å²) in [5.41, 5.74) is 9.73. The molecule has 0 fully saturated rings. The van der Waals surface area contributed by atoms with E-state index in [1.54, 1.807) is 29.1 Å². The second-order valence-corrected chi connectivity index (χ2v) is 7.68. The van der Waals surface area contributed by atoms with E-state index < -0.39 is 0 Å². The van der Waals surface area contributed by atoms with Crippen molar-refractivity contribution in [3.63, 3.8) is 0 Å². The number of nitrogens with zero attached hydrogens (tertiary/aromatic N) is 3. The van der Waals surface area contributed by atoms with Crippen LogP contribution in [0.5, 0.6) is 0 Å². The highest BCUT2D eigenvalue weighted by Crippen LogP contribution is 2.16. The van der Waals surface area contributed by atoms with E-state index in [0.717, 1.165) is 22.4 Å². The monoisotopic (exact) mass is 427 g/mol. The van der Waals surface area contributed by atoms with Gasteiger partial charge in [-0.05, 0) is 54.8 Å². The minimum absolute atomic E-state index is 0.0187. The van der Waals surface area contributed by atoms with Crippen molar-refractivity contribution in [2.24, 2.45) is 5.73 Å². The Morgan fingerprint density at radius 3 is 2.67 bits per heavy atom. The summed E-state index contributed by atoms with van der Waals surface area (Å²) in [4.78, 5) is 25.4. The fraction of sp³-hybridized carbons (Fsp3) is 0.318. The first-order valence-corrected chi connectivity index (χ1v) is 10.2. The van der Waals surface area contributed by atoms with Gasteiger partial charge >= 0.3 is 0 Å². The molecule has 7 nitrogen and oxygen atoms in total. The quantitative estimate of drug-likeness (QED) is 0.576. The van der Waals surface area contributed by atoms with Gasteiger partial charge in [0.25, 0.3) is 5.56 Å². The van der Waals surface area contributed by atoms with Crippen molar-refractivity contribution in [3.05, 3.63) is 86.0 Å². The van der Waals surface area contributed by atoms with Gasteiger partial charge in [0, 0.05) is 48.3 Å². The molecule has 2 aromatic heterocycles. The van der Waals surface area contributed by atoms with Crippen LogP contribution in [0.3, 0.4) is 0 Å². The van der Waals surface area contributed by atoms with Gasteiger partial charge in [-0.1, -0.05) is 17.7 Å². The number of carbonyl (C=O) groups is 1. The molecular formula is C22H26ClN5O2. The Bertz CT molecular complexity index is 1100. The first-order chi connectivity index (χ1) is 14.4. The van der Waals surface area contributed by atoms with Crippen LogP contribution in [-0.2, 0) is 37.4 Å². The number of aromatic nitrogens is 3. The molecule has 1 aromatic carbocycles. The van der Waals surface area contributed by atoms with Gasteiger partial charge in [-0.2, -0.15) is 5.10 Å². The first kappa shape index (κ1) is 21.8. The number of nitrogens with one attached hydrogen (secondary N) is 1. The van der Waals surface area contributed by atoms with Crippen molar-refractivity contribution in [1.82, 2.24) is 19.7 Å². The summed E-state index contributed by atoms with van der Waals surface area (Å²) < 4.78 is 3.47. The van der Waals surface area contributed by atoms with E-state index in [1.807, 2.05) is 36.7 Å². The molecule has 0 aliphatic rings. The molecule has 0 bridgehead atoms. The summed E-state index contributed by atoms with van der Waals surface area (Å²) in [6, 6.07) is 9.20. The van der Waals surface area contributed by atoms with Crippen molar-refractivity contribution in [2.45, 2.75) is 46.4 Å². The summed E-state index contributed by atoms with van der Waals surface area (Å²) in [6.07, 6.45) is 3.52. The van der Waals surface area contributed by atoms with E-state index in [-0.39, 0.29) is 17.9 Å². The van der Waals surface area contributed by atoms with Crippen molar-refractivity contribution in [1.29, 1.82) is 0 Å². The number of nitrogens with two attached hydrogens (primary N) is 1. The second-order valence-electron chi connectivity index (χ2n) is 7.24. The second kappa shape index (κ2) is 9.73. The molecule has 3 N–H and O–H groups in total. The lowest BCUT2D eigenvalue weighted by Gasteiger charge is -2.13. The maximum absolute atomic E-state index is 12.9. The lowest BCUT2D eigenvalue weighted by atomic mass is 10.1. The molecular weight excluding hydrogens is 402 g/mol. The highest BCUT2D eigenvalue weighted by atomic mass is 35.5. The third-order valence-electron chi connectivity index (χ3n) is 5.18. The zero-order valence-electron chi connectivity index (χ0n) is 17.2. The molecule has 0 saturated carbocycles. The van der Waals surface area contributed by atoms with Crippen LogP contribution in [0.1, 0.15) is 27.9 Å². The first-order valence-electron chi connectivity index (χ1n) is 9.80. The fourth-order valence-corrected chi connectivity index (χ4v) is 3.51. The predicted octanol–water partition coefficient (Wildman–Crippen LogP) is 2.33. The Labute approximate surface area is 180 Å². The third kappa shape index (κ3) is 5.17. The summed E-state index contributed by atoms with van der Waals surface area (Å²) >= 11 is 6.05.